The molecule has 3 rings (SSSR count). The standard InChI is InChI=1S/C22H29N3O5S/c1-4-29-22(27)25-10-8-17(9-11-25)23-20(26)14-31-13-19-15(2)30-21(24-19)16-6-5-7-18(12-16)28-3/h5-7,12,17H,4,8-11,13-14H2,1-3H3,(H,23,26). The number of rotatable bonds is 8. The number of nitrogens with zero attached hydrogens (tertiary/aromatic N) is 2. The summed E-state index contributed by atoms with van der Waals surface area (Å²) in [5.41, 5.74) is 1.68. The van der Waals surface area contributed by atoms with E-state index in [1.165, 1.54) is 11.8 Å². The van der Waals surface area contributed by atoms with Crippen LogP contribution >= 0.6 is 11.8 Å². The monoisotopic (exact) mass is 447 g/mol. The van der Waals surface area contributed by atoms with Crippen LogP contribution in [0.1, 0.15) is 31.2 Å². The Balaban J connectivity index is 1.43. The number of hydrogen-bond donors (Lipinski definition) is 1. The molecule has 2 amide bonds. The predicted octanol–water partition coefficient (Wildman–Crippen LogP) is 3.63. The first-order valence-corrected chi connectivity index (χ1v) is 11.5. The van der Waals surface area contributed by atoms with E-state index in [4.69, 9.17) is 13.9 Å². The van der Waals surface area contributed by atoms with Gasteiger partial charge in [0.2, 0.25) is 11.8 Å². The molecule has 31 heavy (non-hydrogen) atoms. The zero-order valence-corrected chi connectivity index (χ0v) is 19.0. The van der Waals surface area contributed by atoms with Gasteiger partial charge in [-0.15, -0.1) is 11.8 Å². The van der Waals surface area contributed by atoms with E-state index in [1.807, 2.05) is 31.2 Å². The van der Waals surface area contributed by atoms with Crippen LogP contribution in [-0.4, -0.2) is 60.5 Å². The lowest BCUT2D eigenvalue weighted by Crippen LogP contribution is -2.47. The van der Waals surface area contributed by atoms with E-state index in [2.05, 4.69) is 10.3 Å². The number of aryl methyl sites for hydroxylation is 1. The lowest BCUT2D eigenvalue weighted by molar-refractivity contribution is -0.119. The average molecular weight is 448 g/mol. The molecule has 0 bridgehead atoms. The summed E-state index contributed by atoms with van der Waals surface area (Å²) >= 11 is 1.50. The number of methoxy groups -OCH3 is 1. The number of thioether (sulfide) groups is 1. The van der Waals surface area contributed by atoms with E-state index >= 15 is 0 Å². The smallest absolute Gasteiger partial charge is 0.409 e. The van der Waals surface area contributed by atoms with Gasteiger partial charge in [0.25, 0.3) is 0 Å². The Kier molecular flexibility index (Phi) is 8.22. The van der Waals surface area contributed by atoms with Gasteiger partial charge in [0.1, 0.15) is 11.5 Å². The van der Waals surface area contributed by atoms with E-state index < -0.39 is 0 Å². The Morgan fingerprint density at radius 1 is 1.32 bits per heavy atom. The van der Waals surface area contributed by atoms with E-state index in [-0.39, 0.29) is 18.0 Å². The summed E-state index contributed by atoms with van der Waals surface area (Å²) < 4.78 is 16.1. The van der Waals surface area contributed by atoms with Gasteiger partial charge in [0.15, 0.2) is 0 Å². The number of carbonyl (C=O) groups excluding carboxylic acids is 2. The maximum absolute atomic E-state index is 12.3. The minimum Gasteiger partial charge on any atom is -0.497 e. The average Bonchev–Trinajstić information content (AvgIpc) is 3.15. The van der Waals surface area contributed by atoms with Crippen LogP contribution in [-0.2, 0) is 15.3 Å². The Labute approximate surface area is 186 Å². The van der Waals surface area contributed by atoms with Crippen molar-refractivity contribution in [1.82, 2.24) is 15.2 Å². The fourth-order valence-electron chi connectivity index (χ4n) is 3.37. The Morgan fingerprint density at radius 3 is 2.81 bits per heavy atom. The van der Waals surface area contributed by atoms with Crippen LogP contribution < -0.4 is 10.1 Å². The maximum atomic E-state index is 12.3. The zero-order chi connectivity index (χ0) is 22.2. The molecule has 0 unspecified atom stereocenters. The summed E-state index contributed by atoms with van der Waals surface area (Å²) in [5, 5.41) is 3.06. The highest BCUT2D eigenvalue weighted by atomic mass is 32.2. The molecular weight excluding hydrogens is 418 g/mol. The highest BCUT2D eigenvalue weighted by Gasteiger charge is 2.24. The molecule has 168 valence electrons. The van der Waals surface area contributed by atoms with Gasteiger partial charge in [-0.05, 0) is 44.9 Å². The van der Waals surface area contributed by atoms with Gasteiger partial charge in [-0.2, -0.15) is 0 Å². The van der Waals surface area contributed by atoms with Crippen molar-refractivity contribution in [2.75, 3.05) is 32.6 Å². The predicted molar refractivity (Wildman–Crippen MR) is 119 cm³/mol. The zero-order valence-electron chi connectivity index (χ0n) is 18.2. The number of hydrogen-bond acceptors (Lipinski definition) is 7. The summed E-state index contributed by atoms with van der Waals surface area (Å²) in [5.74, 6) is 2.97. The molecule has 0 atom stereocenters. The third kappa shape index (κ3) is 6.40. The van der Waals surface area contributed by atoms with Gasteiger partial charge < -0.3 is 24.1 Å². The molecule has 0 radical (unpaired) electrons. The van der Waals surface area contributed by atoms with Crippen molar-refractivity contribution in [1.29, 1.82) is 0 Å². The lowest BCUT2D eigenvalue weighted by atomic mass is 10.1. The van der Waals surface area contributed by atoms with Crippen molar-refractivity contribution in [3.63, 3.8) is 0 Å². The van der Waals surface area contributed by atoms with Gasteiger partial charge in [-0.3, -0.25) is 4.79 Å². The molecule has 2 aromatic rings. The van der Waals surface area contributed by atoms with E-state index in [0.29, 0.717) is 37.1 Å². The van der Waals surface area contributed by atoms with Crippen LogP contribution in [0.25, 0.3) is 11.5 Å². The van der Waals surface area contributed by atoms with Gasteiger partial charge in [0.05, 0.1) is 25.2 Å². The summed E-state index contributed by atoms with van der Waals surface area (Å²) in [6.45, 7) is 5.25. The van der Waals surface area contributed by atoms with Crippen molar-refractivity contribution in [3.8, 4) is 17.2 Å². The fraction of sp³-hybridized carbons (Fsp3) is 0.500. The number of piperidine rings is 1. The Bertz CT molecular complexity index is 893. The molecule has 1 aromatic carbocycles. The Hall–Kier alpha value is -2.68. The van der Waals surface area contributed by atoms with Crippen molar-refractivity contribution in [3.05, 3.63) is 35.7 Å². The van der Waals surface area contributed by atoms with Crippen molar-refractivity contribution in [2.24, 2.45) is 0 Å². The molecule has 0 spiro atoms. The molecule has 2 heterocycles. The second-order valence-corrected chi connectivity index (χ2v) is 8.26. The molecule has 1 fully saturated rings. The van der Waals surface area contributed by atoms with E-state index in [1.54, 1.807) is 18.9 Å². The van der Waals surface area contributed by atoms with Gasteiger partial charge in [-0.1, -0.05) is 6.07 Å². The molecule has 1 aliphatic heterocycles. The highest BCUT2D eigenvalue weighted by molar-refractivity contribution is 7.99. The summed E-state index contributed by atoms with van der Waals surface area (Å²) in [6, 6.07) is 7.65. The number of nitrogens with one attached hydrogen (secondary N) is 1. The minimum absolute atomic E-state index is 0.00579. The van der Waals surface area contributed by atoms with Gasteiger partial charge in [-0.25, -0.2) is 9.78 Å². The molecule has 1 N–H and O–H groups in total. The first kappa shape index (κ1) is 23.0. The van der Waals surface area contributed by atoms with Crippen molar-refractivity contribution in [2.45, 2.75) is 38.5 Å². The molecule has 9 heteroatoms. The first-order chi connectivity index (χ1) is 15.0. The molecule has 1 aromatic heterocycles. The maximum Gasteiger partial charge on any atom is 0.409 e. The molecule has 0 aliphatic carbocycles. The van der Waals surface area contributed by atoms with Crippen LogP contribution in [0, 0.1) is 6.92 Å². The number of amides is 2. The van der Waals surface area contributed by atoms with Crippen LogP contribution in [0.15, 0.2) is 28.7 Å². The number of ether oxygens (including phenoxy) is 2. The van der Waals surface area contributed by atoms with Crippen LogP contribution in [0.5, 0.6) is 5.75 Å². The molecule has 0 saturated carbocycles. The third-order valence-corrected chi connectivity index (χ3v) is 6.01. The van der Waals surface area contributed by atoms with Gasteiger partial charge in [0, 0.05) is 30.4 Å². The van der Waals surface area contributed by atoms with Gasteiger partial charge >= 0.3 is 6.09 Å². The molecule has 1 saturated heterocycles. The summed E-state index contributed by atoms with van der Waals surface area (Å²) in [6.07, 6.45) is 1.20. The first-order valence-electron chi connectivity index (χ1n) is 10.4. The number of likely N-dealkylation sites (tertiary alicyclic amines) is 1. The molecule has 8 nitrogen and oxygen atoms in total. The number of aromatic nitrogens is 1. The quantitative estimate of drug-likeness (QED) is 0.660. The van der Waals surface area contributed by atoms with Crippen LogP contribution in [0.2, 0.25) is 0 Å². The molecule has 1 aliphatic rings. The SMILES string of the molecule is CCOC(=O)N1CCC(NC(=O)CSCc2nc(-c3cccc(OC)c3)oc2C)CC1. The van der Waals surface area contributed by atoms with E-state index in [0.717, 1.165) is 35.6 Å². The van der Waals surface area contributed by atoms with E-state index in [9.17, 15) is 9.59 Å². The summed E-state index contributed by atoms with van der Waals surface area (Å²) in [4.78, 5) is 30.3. The largest absolute Gasteiger partial charge is 0.497 e. The third-order valence-electron chi connectivity index (χ3n) is 5.07. The topological polar surface area (TPSA) is 93.9 Å². The second-order valence-electron chi connectivity index (χ2n) is 7.27. The number of carbonyl (C=O) groups is 2. The van der Waals surface area contributed by atoms with Crippen LogP contribution in [0.4, 0.5) is 4.79 Å². The normalized spacial score (nSPS) is 14.4. The van der Waals surface area contributed by atoms with Crippen LogP contribution in [0.3, 0.4) is 0 Å². The number of oxazole rings is 1. The fourth-order valence-corrected chi connectivity index (χ4v) is 4.20. The Morgan fingerprint density at radius 2 is 2.10 bits per heavy atom. The minimum atomic E-state index is -0.279. The second kappa shape index (κ2) is 11.1. The van der Waals surface area contributed by atoms with Crippen molar-refractivity contribution >= 4 is 23.8 Å². The summed E-state index contributed by atoms with van der Waals surface area (Å²) in [7, 11) is 1.62. The molecular formula is C22H29N3O5S. The van der Waals surface area contributed by atoms with Crippen molar-refractivity contribution < 1.29 is 23.5 Å². The highest BCUT2D eigenvalue weighted by Crippen LogP contribution is 2.26. The number of benzene rings is 1. The lowest BCUT2D eigenvalue weighted by Gasteiger charge is -2.31.